The van der Waals surface area contributed by atoms with Gasteiger partial charge in [-0.1, -0.05) is 6.07 Å². The minimum absolute atomic E-state index is 0.0319. The molecule has 0 aliphatic rings. The Kier molecular flexibility index (Phi) is 3.74. The van der Waals surface area contributed by atoms with E-state index in [2.05, 4.69) is 15.5 Å². The minimum Gasteiger partial charge on any atom is -0.494 e. The molecule has 2 rings (SSSR count). The van der Waals surface area contributed by atoms with Crippen molar-refractivity contribution >= 4 is 5.69 Å². The summed E-state index contributed by atoms with van der Waals surface area (Å²) in [7, 11) is 1.46. The Hall–Kier alpha value is -2.04. The molecule has 0 radical (unpaired) electrons. The highest BCUT2D eigenvalue weighted by Gasteiger charge is 2.13. The monoisotopic (exact) mass is 263 g/mol. The van der Waals surface area contributed by atoms with E-state index in [1.165, 1.54) is 13.2 Å². The lowest BCUT2D eigenvalue weighted by molar-refractivity contribution is 0.385. The smallest absolute Gasteiger partial charge is 0.165 e. The van der Waals surface area contributed by atoms with Crippen LogP contribution in [0.15, 0.2) is 18.2 Å². The van der Waals surface area contributed by atoms with E-state index in [-0.39, 0.29) is 17.6 Å². The summed E-state index contributed by atoms with van der Waals surface area (Å²) >= 11 is 0. The zero-order valence-corrected chi connectivity index (χ0v) is 11.5. The Morgan fingerprint density at radius 3 is 2.68 bits per heavy atom. The molecule has 0 saturated heterocycles. The molecule has 0 fully saturated rings. The van der Waals surface area contributed by atoms with Crippen molar-refractivity contribution in [3.8, 4) is 5.75 Å². The largest absolute Gasteiger partial charge is 0.494 e. The average Bonchev–Trinajstić information content (AvgIpc) is 2.71. The summed E-state index contributed by atoms with van der Waals surface area (Å²) in [6.07, 6.45) is 0. The lowest BCUT2D eigenvalue weighted by Gasteiger charge is -2.16. The van der Waals surface area contributed by atoms with Crippen molar-refractivity contribution in [2.45, 2.75) is 26.8 Å². The van der Waals surface area contributed by atoms with E-state index in [1.54, 1.807) is 12.1 Å². The van der Waals surface area contributed by atoms with E-state index in [0.29, 0.717) is 0 Å². The van der Waals surface area contributed by atoms with E-state index in [0.717, 1.165) is 22.6 Å². The van der Waals surface area contributed by atoms with Crippen LogP contribution in [0.4, 0.5) is 10.1 Å². The first kappa shape index (κ1) is 13.4. The molecule has 1 heterocycles. The molecule has 0 saturated carbocycles. The molecule has 5 heteroatoms. The van der Waals surface area contributed by atoms with Gasteiger partial charge < -0.3 is 10.1 Å². The fourth-order valence-corrected chi connectivity index (χ4v) is 2.01. The number of anilines is 1. The number of halogens is 1. The highest BCUT2D eigenvalue weighted by atomic mass is 19.1. The van der Waals surface area contributed by atoms with Crippen LogP contribution in [0.5, 0.6) is 5.75 Å². The zero-order valence-electron chi connectivity index (χ0n) is 11.5. The highest BCUT2D eigenvalue weighted by Crippen LogP contribution is 2.27. The molecule has 0 aliphatic carbocycles. The number of ether oxygens (including phenoxy) is 1. The molecule has 4 nitrogen and oxygen atoms in total. The maximum absolute atomic E-state index is 13.4. The van der Waals surface area contributed by atoms with Crippen molar-refractivity contribution in [3.63, 3.8) is 0 Å². The zero-order chi connectivity index (χ0) is 14.0. The van der Waals surface area contributed by atoms with E-state index in [1.807, 2.05) is 20.8 Å². The molecule has 19 heavy (non-hydrogen) atoms. The van der Waals surface area contributed by atoms with E-state index < -0.39 is 0 Å². The van der Waals surface area contributed by atoms with Crippen molar-refractivity contribution < 1.29 is 9.13 Å². The number of aryl methyl sites for hydroxylation is 2. The normalized spacial score (nSPS) is 12.3. The lowest BCUT2D eigenvalue weighted by atomic mass is 10.1. The molecule has 0 amide bonds. The standard InChI is InChI=1S/C14H18FN3O/c1-8(16-14-9(2)17-18-10(14)3)11-5-6-12(15)13(7-11)19-4/h5-8,16H,1-4H3,(H,17,18). The first-order valence-corrected chi connectivity index (χ1v) is 6.14. The van der Waals surface area contributed by atoms with Gasteiger partial charge in [0.2, 0.25) is 0 Å². The van der Waals surface area contributed by atoms with Crippen LogP contribution in [0.3, 0.4) is 0 Å². The summed E-state index contributed by atoms with van der Waals surface area (Å²) in [6.45, 7) is 5.91. The van der Waals surface area contributed by atoms with Gasteiger partial charge >= 0.3 is 0 Å². The Balaban J connectivity index is 2.23. The van der Waals surface area contributed by atoms with Gasteiger partial charge in [0.15, 0.2) is 11.6 Å². The summed E-state index contributed by atoms with van der Waals surface area (Å²) in [5.74, 6) is -0.0964. The first-order chi connectivity index (χ1) is 9.02. The summed E-state index contributed by atoms with van der Waals surface area (Å²) in [5.41, 5.74) is 3.84. The number of benzene rings is 1. The van der Waals surface area contributed by atoms with Crippen molar-refractivity contribution in [1.29, 1.82) is 0 Å². The van der Waals surface area contributed by atoms with Gasteiger partial charge in [-0.2, -0.15) is 5.10 Å². The van der Waals surface area contributed by atoms with Crippen LogP contribution in [0.25, 0.3) is 0 Å². The molecule has 102 valence electrons. The third kappa shape index (κ3) is 2.70. The van der Waals surface area contributed by atoms with E-state index in [4.69, 9.17) is 4.74 Å². The number of H-pyrrole nitrogens is 1. The van der Waals surface area contributed by atoms with Crippen LogP contribution in [-0.4, -0.2) is 17.3 Å². The number of nitrogens with one attached hydrogen (secondary N) is 2. The van der Waals surface area contributed by atoms with Crippen molar-refractivity contribution in [2.75, 3.05) is 12.4 Å². The number of rotatable bonds is 4. The Labute approximate surface area is 112 Å². The lowest BCUT2D eigenvalue weighted by Crippen LogP contribution is -2.08. The summed E-state index contributed by atoms with van der Waals surface area (Å²) in [4.78, 5) is 0. The molecule has 0 spiro atoms. The second-order valence-electron chi connectivity index (χ2n) is 4.57. The van der Waals surface area contributed by atoms with Gasteiger partial charge in [-0.05, 0) is 38.5 Å². The Bertz CT molecular complexity index is 561. The van der Waals surface area contributed by atoms with Gasteiger partial charge in [0, 0.05) is 6.04 Å². The third-order valence-corrected chi connectivity index (χ3v) is 3.16. The maximum atomic E-state index is 13.4. The van der Waals surface area contributed by atoms with Crippen molar-refractivity contribution in [1.82, 2.24) is 10.2 Å². The van der Waals surface area contributed by atoms with Crippen molar-refractivity contribution in [2.24, 2.45) is 0 Å². The number of aromatic nitrogens is 2. The Morgan fingerprint density at radius 2 is 2.11 bits per heavy atom. The molecule has 0 bridgehead atoms. The fraction of sp³-hybridized carbons (Fsp3) is 0.357. The number of hydrogen-bond acceptors (Lipinski definition) is 3. The number of hydrogen-bond donors (Lipinski definition) is 2. The van der Waals surface area contributed by atoms with Gasteiger partial charge in [-0.3, -0.25) is 5.10 Å². The molecule has 2 N–H and O–H groups in total. The third-order valence-electron chi connectivity index (χ3n) is 3.16. The molecule has 1 atom stereocenters. The fourth-order valence-electron chi connectivity index (χ4n) is 2.01. The van der Waals surface area contributed by atoms with E-state index in [9.17, 15) is 4.39 Å². The maximum Gasteiger partial charge on any atom is 0.165 e. The van der Waals surface area contributed by atoms with Gasteiger partial charge in [0.05, 0.1) is 24.2 Å². The molecule has 2 aromatic rings. The molecule has 1 aromatic carbocycles. The van der Waals surface area contributed by atoms with Gasteiger partial charge in [0.1, 0.15) is 0 Å². The molecule has 1 unspecified atom stereocenters. The van der Waals surface area contributed by atoms with Gasteiger partial charge in [-0.25, -0.2) is 4.39 Å². The summed E-state index contributed by atoms with van der Waals surface area (Å²) in [6, 6.07) is 4.91. The van der Waals surface area contributed by atoms with Crippen LogP contribution in [-0.2, 0) is 0 Å². The predicted molar refractivity (Wildman–Crippen MR) is 73.1 cm³/mol. The van der Waals surface area contributed by atoms with Gasteiger partial charge in [-0.15, -0.1) is 0 Å². The first-order valence-electron chi connectivity index (χ1n) is 6.14. The second kappa shape index (κ2) is 5.30. The topological polar surface area (TPSA) is 49.9 Å². The predicted octanol–water partition coefficient (Wildman–Crippen LogP) is 3.35. The van der Waals surface area contributed by atoms with E-state index >= 15 is 0 Å². The second-order valence-corrected chi connectivity index (χ2v) is 4.57. The SMILES string of the molecule is COc1cc(C(C)Nc2c(C)n[nH]c2C)ccc1F. The summed E-state index contributed by atoms with van der Waals surface area (Å²) < 4.78 is 18.4. The van der Waals surface area contributed by atoms with Crippen LogP contribution >= 0.6 is 0 Å². The minimum atomic E-state index is -0.353. The quantitative estimate of drug-likeness (QED) is 0.889. The average molecular weight is 263 g/mol. The number of aromatic amines is 1. The van der Waals surface area contributed by atoms with Gasteiger partial charge in [0.25, 0.3) is 0 Å². The molecule has 1 aromatic heterocycles. The van der Waals surface area contributed by atoms with Crippen LogP contribution < -0.4 is 10.1 Å². The van der Waals surface area contributed by atoms with Crippen LogP contribution in [0.2, 0.25) is 0 Å². The molecule has 0 aliphatic heterocycles. The van der Waals surface area contributed by atoms with Crippen LogP contribution in [0.1, 0.15) is 29.9 Å². The Morgan fingerprint density at radius 1 is 1.37 bits per heavy atom. The molecular formula is C14H18FN3O. The number of nitrogens with zero attached hydrogens (tertiary/aromatic N) is 1. The molecular weight excluding hydrogens is 245 g/mol. The van der Waals surface area contributed by atoms with Crippen LogP contribution in [0, 0.1) is 19.7 Å². The number of methoxy groups -OCH3 is 1. The summed E-state index contributed by atoms with van der Waals surface area (Å²) in [5, 5.41) is 10.4. The highest BCUT2D eigenvalue weighted by molar-refractivity contribution is 5.53. The van der Waals surface area contributed by atoms with Crippen molar-refractivity contribution in [3.05, 3.63) is 41.0 Å².